The number of piperidine rings is 1. The van der Waals surface area contributed by atoms with Crippen molar-refractivity contribution < 1.29 is 19.8 Å². The Labute approximate surface area is 259 Å². The minimum atomic E-state index is -1.25. The van der Waals surface area contributed by atoms with E-state index in [4.69, 9.17) is 4.98 Å². The van der Waals surface area contributed by atoms with Crippen LogP contribution in [0.25, 0.3) is 16.6 Å². The predicted molar refractivity (Wildman–Crippen MR) is 171 cm³/mol. The van der Waals surface area contributed by atoms with Crippen LogP contribution in [0.5, 0.6) is 5.75 Å². The van der Waals surface area contributed by atoms with Crippen LogP contribution in [0.3, 0.4) is 0 Å². The molecule has 3 aromatic carbocycles. The van der Waals surface area contributed by atoms with Crippen LogP contribution in [0, 0.1) is 13.8 Å². The van der Waals surface area contributed by atoms with Gasteiger partial charge in [0.15, 0.2) is 0 Å². The lowest BCUT2D eigenvalue weighted by atomic mass is 9.89. The number of aromatic amines is 1. The van der Waals surface area contributed by atoms with Crippen molar-refractivity contribution in [2.24, 2.45) is 10.2 Å². The van der Waals surface area contributed by atoms with E-state index in [-0.39, 0.29) is 23.1 Å². The van der Waals surface area contributed by atoms with E-state index >= 15 is 0 Å². The Bertz CT molecular complexity index is 1940. The SMILES string of the molecule is Cc1nc2c(C3CCN(C(=O)C=C(c4ccccc4)c4ccc(N=Nc5ccc(O)c(C(=O)O)c5)cc4)CC3)cnc(C)c2[nH]1. The molecule has 2 aromatic heterocycles. The van der Waals surface area contributed by atoms with Crippen LogP contribution in [0.15, 0.2) is 95.3 Å². The molecule has 10 nitrogen and oxygen atoms in total. The molecule has 1 amide bonds. The van der Waals surface area contributed by atoms with E-state index in [1.807, 2.05) is 67.4 Å². The molecule has 0 aliphatic carbocycles. The Morgan fingerprint density at radius 2 is 1.60 bits per heavy atom. The summed E-state index contributed by atoms with van der Waals surface area (Å²) in [4.78, 5) is 39.5. The van der Waals surface area contributed by atoms with Crippen molar-refractivity contribution in [3.63, 3.8) is 0 Å². The van der Waals surface area contributed by atoms with Crippen LogP contribution in [0.1, 0.15) is 57.3 Å². The van der Waals surface area contributed by atoms with Gasteiger partial charge in [0.25, 0.3) is 0 Å². The number of azo groups is 1. The highest BCUT2D eigenvalue weighted by Crippen LogP contribution is 2.33. The molecule has 0 saturated carbocycles. The number of phenols is 1. The second kappa shape index (κ2) is 12.5. The maximum atomic E-state index is 13.6. The summed E-state index contributed by atoms with van der Waals surface area (Å²) >= 11 is 0. The quantitative estimate of drug-likeness (QED) is 0.133. The number of pyridine rings is 1. The van der Waals surface area contributed by atoms with Crippen molar-refractivity contribution in [2.75, 3.05) is 13.1 Å². The molecule has 45 heavy (non-hydrogen) atoms. The number of rotatable bonds is 7. The molecular weight excluding hydrogens is 568 g/mol. The number of fused-ring (bicyclic) bond motifs is 1. The van der Waals surface area contributed by atoms with Gasteiger partial charge < -0.3 is 20.1 Å². The number of aromatic carboxylic acids is 1. The summed E-state index contributed by atoms with van der Waals surface area (Å²) in [6.07, 6.45) is 5.31. The van der Waals surface area contributed by atoms with Crippen LogP contribution in [0.4, 0.5) is 11.4 Å². The standard InChI is InChI=1S/C35H32N6O4/c1-21-33-34(38-22(2)37-33)30(20-36-21)25-14-16-41(17-15-25)32(43)19-28(23-6-4-3-5-7-23)24-8-10-26(11-9-24)39-40-27-12-13-31(42)29(18-27)35(44)45/h3-13,18-20,25,42H,14-17H2,1-2H3,(H,37,38)(H,44,45). The third-order valence-electron chi connectivity index (χ3n) is 8.12. The summed E-state index contributed by atoms with van der Waals surface area (Å²) < 4.78 is 0. The molecule has 3 heterocycles. The van der Waals surface area contributed by atoms with Gasteiger partial charge >= 0.3 is 5.97 Å². The number of carboxylic acids is 1. The monoisotopic (exact) mass is 600 g/mol. The number of amides is 1. The van der Waals surface area contributed by atoms with Crippen LogP contribution >= 0.6 is 0 Å². The number of benzene rings is 3. The molecule has 226 valence electrons. The van der Waals surface area contributed by atoms with E-state index in [0.29, 0.717) is 24.5 Å². The first-order valence-electron chi connectivity index (χ1n) is 14.7. The minimum absolute atomic E-state index is 0.0413. The highest BCUT2D eigenvalue weighted by molar-refractivity contribution is 5.99. The highest BCUT2D eigenvalue weighted by Gasteiger charge is 2.26. The molecule has 6 rings (SSSR count). The molecule has 1 fully saturated rings. The largest absolute Gasteiger partial charge is 0.507 e. The number of carboxylic acid groups (broad SMARTS) is 1. The van der Waals surface area contributed by atoms with Gasteiger partial charge in [-0.3, -0.25) is 9.78 Å². The Balaban J connectivity index is 1.19. The molecule has 0 radical (unpaired) electrons. The zero-order valence-corrected chi connectivity index (χ0v) is 24.9. The first kappa shape index (κ1) is 29.4. The van der Waals surface area contributed by atoms with Crippen LogP contribution in [-0.4, -0.2) is 55.0 Å². The van der Waals surface area contributed by atoms with Crippen molar-refractivity contribution in [2.45, 2.75) is 32.6 Å². The number of nitrogens with zero attached hydrogens (tertiary/aromatic N) is 5. The second-order valence-electron chi connectivity index (χ2n) is 11.1. The molecular formula is C35H32N6O4. The smallest absolute Gasteiger partial charge is 0.339 e. The topological polar surface area (TPSA) is 144 Å². The number of likely N-dealkylation sites (tertiary alicyclic amines) is 1. The van der Waals surface area contributed by atoms with E-state index < -0.39 is 5.97 Å². The lowest BCUT2D eigenvalue weighted by Gasteiger charge is -2.31. The third-order valence-corrected chi connectivity index (χ3v) is 8.12. The Hall–Kier alpha value is -5.64. The lowest BCUT2D eigenvalue weighted by molar-refractivity contribution is -0.127. The molecule has 1 aliphatic rings. The zero-order valence-electron chi connectivity index (χ0n) is 24.9. The normalized spacial score (nSPS) is 14.4. The number of carbonyl (C=O) groups is 2. The summed E-state index contributed by atoms with van der Waals surface area (Å²) in [5.74, 6) is -0.471. The number of imidazole rings is 1. The Morgan fingerprint density at radius 1 is 0.933 bits per heavy atom. The number of carbonyl (C=O) groups excluding carboxylic acids is 1. The molecule has 0 spiro atoms. The second-order valence-corrected chi connectivity index (χ2v) is 11.1. The van der Waals surface area contributed by atoms with Gasteiger partial charge in [-0.1, -0.05) is 42.5 Å². The summed E-state index contributed by atoms with van der Waals surface area (Å²) in [6.45, 7) is 5.21. The Kier molecular flexibility index (Phi) is 8.20. The zero-order chi connectivity index (χ0) is 31.5. The molecule has 0 bridgehead atoms. The molecule has 10 heteroatoms. The first-order chi connectivity index (χ1) is 21.8. The number of H-pyrrole nitrogens is 1. The maximum absolute atomic E-state index is 13.6. The van der Waals surface area contributed by atoms with Gasteiger partial charge in [0.05, 0.1) is 28.1 Å². The average Bonchev–Trinajstić information content (AvgIpc) is 3.46. The fourth-order valence-electron chi connectivity index (χ4n) is 5.71. The van der Waals surface area contributed by atoms with Gasteiger partial charge in [0.1, 0.15) is 17.1 Å². The van der Waals surface area contributed by atoms with Crippen molar-refractivity contribution in [3.8, 4) is 5.75 Å². The average molecular weight is 601 g/mol. The molecule has 0 unspecified atom stereocenters. The number of hydrogen-bond acceptors (Lipinski definition) is 7. The van der Waals surface area contributed by atoms with E-state index in [2.05, 4.69) is 20.2 Å². The highest BCUT2D eigenvalue weighted by atomic mass is 16.4. The Morgan fingerprint density at radius 3 is 2.31 bits per heavy atom. The van der Waals surface area contributed by atoms with Crippen molar-refractivity contribution in [1.82, 2.24) is 19.9 Å². The van der Waals surface area contributed by atoms with E-state index in [1.54, 1.807) is 18.2 Å². The third kappa shape index (κ3) is 6.35. The first-order valence-corrected chi connectivity index (χ1v) is 14.7. The van der Waals surface area contributed by atoms with Crippen molar-refractivity contribution in [1.29, 1.82) is 0 Å². The molecule has 3 N–H and O–H groups in total. The molecule has 5 aromatic rings. The minimum Gasteiger partial charge on any atom is -0.507 e. The van der Waals surface area contributed by atoms with Gasteiger partial charge in [0.2, 0.25) is 5.91 Å². The number of nitrogens with one attached hydrogen (secondary N) is 1. The van der Waals surface area contributed by atoms with Crippen LogP contribution in [0.2, 0.25) is 0 Å². The van der Waals surface area contributed by atoms with E-state index in [9.17, 15) is 19.8 Å². The van der Waals surface area contributed by atoms with E-state index in [1.165, 1.54) is 18.2 Å². The van der Waals surface area contributed by atoms with Gasteiger partial charge in [-0.05, 0) is 79.6 Å². The van der Waals surface area contributed by atoms with Crippen molar-refractivity contribution in [3.05, 3.63) is 119 Å². The number of aromatic nitrogens is 3. The lowest BCUT2D eigenvalue weighted by Crippen LogP contribution is -2.37. The summed E-state index contributed by atoms with van der Waals surface area (Å²) in [6, 6.07) is 21.1. The number of aromatic hydroxyl groups is 1. The van der Waals surface area contributed by atoms with Crippen molar-refractivity contribution >= 4 is 39.9 Å². The van der Waals surface area contributed by atoms with E-state index in [0.717, 1.165) is 57.7 Å². The van der Waals surface area contributed by atoms with Crippen LogP contribution in [-0.2, 0) is 4.79 Å². The van der Waals surface area contributed by atoms with Gasteiger partial charge in [-0.25, -0.2) is 9.78 Å². The number of aryl methyl sites for hydroxylation is 2. The predicted octanol–water partition coefficient (Wildman–Crippen LogP) is 7.23. The molecule has 0 atom stereocenters. The fourth-order valence-corrected chi connectivity index (χ4v) is 5.71. The van der Waals surface area contributed by atoms with Gasteiger partial charge in [0, 0.05) is 30.9 Å². The molecule has 1 aliphatic heterocycles. The summed E-state index contributed by atoms with van der Waals surface area (Å²) in [7, 11) is 0. The van der Waals surface area contributed by atoms with Gasteiger partial charge in [-0.15, -0.1) is 0 Å². The molecule has 1 saturated heterocycles. The van der Waals surface area contributed by atoms with Gasteiger partial charge in [-0.2, -0.15) is 10.2 Å². The maximum Gasteiger partial charge on any atom is 0.339 e. The number of hydrogen-bond donors (Lipinski definition) is 3. The van der Waals surface area contributed by atoms with Crippen LogP contribution < -0.4 is 0 Å². The summed E-state index contributed by atoms with van der Waals surface area (Å²) in [5.41, 5.74) is 7.21. The summed E-state index contributed by atoms with van der Waals surface area (Å²) in [5, 5.41) is 27.3. The fraction of sp³-hybridized carbons (Fsp3) is 0.200.